The summed E-state index contributed by atoms with van der Waals surface area (Å²) < 4.78 is 0. The molecule has 2 rings (SSSR count). The third-order valence-corrected chi connectivity index (χ3v) is 4.36. The number of aliphatic hydroxyl groups excluding tert-OH is 1. The lowest BCUT2D eigenvalue weighted by atomic mass is 9.77. The van der Waals surface area contributed by atoms with E-state index in [1.165, 1.54) is 0 Å². The fourth-order valence-corrected chi connectivity index (χ4v) is 2.77. The summed E-state index contributed by atoms with van der Waals surface area (Å²) >= 11 is 0. The van der Waals surface area contributed by atoms with Crippen LogP contribution in [0.5, 0.6) is 0 Å². The van der Waals surface area contributed by atoms with Gasteiger partial charge in [-0.3, -0.25) is 9.89 Å². The zero-order valence-corrected chi connectivity index (χ0v) is 12.2. The molecule has 1 saturated carbocycles. The summed E-state index contributed by atoms with van der Waals surface area (Å²) in [7, 11) is 0. The number of carbonyl (C=O) groups is 1. The summed E-state index contributed by atoms with van der Waals surface area (Å²) in [5, 5.41) is 19.4. The van der Waals surface area contributed by atoms with Crippen molar-refractivity contribution in [1.29, 1.82) is 0 Å². The van der Waals surface area contributed by atoms with E-state index in [-0.39, 0.29) is 18.2 Å². The van der Waals surface area contributed by atoms with Gasteiger partial charge < -0.3 is 16.2 Å². The lowest BCUT2D eigenvalue weighted by molar-refractivity contribution is 0.0713. The number of nitrogen functional groups attached to an aromatic ring is 1. The van der Waals surface area contributed by atoms with Crippen molar-refractivity contribution in [2.24, 2.45) is 5.92 Å². The van der Waals surface area contributed by atoms with Crippen LogP contribution in [0.4, 0.5) is 5.69 Å². The molecule has 6 heteroatoms. The number of nitrogens with one attached hydrogen (secondary N) is 2. The quantitative estimate of drug-likeness (QED) is 0.665. The van der Waals surface area contributed by atoms with Crippen LogP contribution in [-0.4, -0.2) is 33.4 Å². The number of rotatable bonds is 4. The molecule has 0 bridgehead atoms. The van der Waals surface area contributed by atoms with Gasteiger partial charge in [-0.15, -0.1) is 0 Å². The summed E-state index contributed by atoms with van der Waals surface area (Å²) in [5.41, 5.74) is 6.79. The van der Waals surface area contributed by atoms with Gasteiger partial charge in [0.25, 0.3) is 5.91 Å². The van der Waals surface area contributed by atoms with Crippen LogP contribution in [0.25, 0.3) is 0 Å². The number of aromatic amines is 1. The number of nitrogens with zero attached hydrogens (tertiary/aromatic N) is 1. The average Bonchev–Trinajstić information content (AvgIpc) is 2.83. The number of hydrogen-bond acceptors (Lipinski definition) is 4. The largest absolute Gasteiger partial charge is 0.395 e. The van der Waals surface area contributed by atoms with Gasteiger partial charge in [0.2, 0.25) is 0 Å². The van der Waals surface area contributed by atoms with Crippen molar-refractivity contribution in [2.75, 3.05) is 12.3 Å². The second-order valence-corrected chi connectivity index (χ2v) is 5.89. The zero-order chi connectivity index (χ0) is 14.8. The van der Waals surface area contributed by atoms with E-state index in [2.05, 4.69) is 22.4 Å². The number of aryl methyl sites for hydroxylation is 1. The van der Waals surface area contributed by atoms with Crippen LogP contribution >= 0.6 is 0 Å². The van der Waals surface area contributed by atoms with Crippen molar-refractivity contribution in [3.8, 4) is 0 Å². The molecule has 1 fully saturated rings. The normalized spacial score (nSPS) is 26.4. The summed E-state index contributed by atoms with van der Waals surface area (Å²) in [6.45, 7) is 4.10. The van der Waals surface area contributed by atoms with Crippen molar-refractivity contribution in [3.05, 3.63) is 11.4 Å². The smallest absolute Gasteiger partial charge is 0.274 e. The minimum Gasteiger partial charge on any atom is -0.395 e. The second-order valence-electron chi connectivity index (χ2n) is 5.89. The van der Waals surface area contributed by atoms with Crippen molar-refractivity contribution in [1.82, 2.24) is 15.5 Å². The van der Waals surface area contributed by atoms with Gasteiger partial charge >= 0.3 is 0 Å². The van der Waals surface area contributed by atoms with E-state index >= 15 is 0 Å². The molecule has 1 heterocycles. The molecule has 112 valence electrons. The van der Waals surface area contributed by atoms with E-state index in [0.717, 1.165) is 31.4 Å². The van der Waals surface area contributed by atoms with E-state index in [9.17, 15) is 9.90 Å². The number of hydrogen-bond donors (Lipinski definition) is 4. The number of anilines is 1. The van der Waals surface area contributed by atoms with Gasteiger partial charge in [-0.05, 0) is 38.0 Å². The maximum absolute atomic E-state index is 12.3. The summed E-state index contributed by atoms with van der Waals surface area (Å²) in [5.74, 6) is 0.343. The summed E-state index contributed by atoms with van der Waals surface area (Å²) in [4.78, 5) is 12.3. The molecule has 0 aliphatic heterocycles. The minimum atomic E-state index is -0.526. The Kier molecular flexibility index (Phi) is 4.32. The first-order chi connectivity index (χ1) is 9.51. The highest BCUT2D eigenvalue weighted by Crippen LogP contribution is 2.32. The van der Waals surface area contributed by atoms with Crippen LogP contribution in [0.1, 0.15) is 55.7 Å². The predicted octanol–water partition coefficient (Wildman–Crippen LogP) is 1.23. The molecule has 0 spiro atoms. The molecular formula is C14H24N4O2. The Balaban J connectivity index is 2.11. The SMILES string of the molecule is CCc1[nH]nc(C(=O)NC2(CO)CCC(C)CC2)c1N. The molecule has 1 aromatic rings. The topological polar surface area (TPSA) is 104 Å². The fourth-order valence-electron chi connectivity index (χ4n) is 2.77. The van der Waals surface area contributed by atoms with Crippen molar-refractivity contribution in [3.63, 3.8) is 0 Å². The maximum Gasteiger partial charge on any atom is 0.274 e. The van der Waals surface area contributed by atoms with Crippen LogP contribution in [0.15, 0.2) is 0 Å². The van der Waals surface area contributed by atoms with Gasteiger partial charge in [-0.1, -0.05) is 13.8 Å². The Labute approximate surface area is 119 Å². The van der Waals surface area contributed by atoms with E-state index in [4.69, 9.17) is 5.73 Å². The van der Waals surface area contributed by atoms with Crippen LogP contribution in [0.3, 0.4) is 0 Å². The monoisotopic (exact) mass is 280 g/mol. The molecule has 6 nitrogen and oxygen atoms in total. The average molecular weight is 280 g/mol. The molecule has 0 radical (unpaired) electrons. The minimum absolute atomic E-state index is 0.0452. The highest BCUT2D eigenvalue weighted by molar-refractivity contribution is 5.98. The van der Waals surface area contributed by atoms with Gasteiger partial charge in [0.1, 0.15) is 0 Å². The Morgan fingerprint density at radius 1 is 1.55 bits per heavy atom. The predicted molar refractivity (Wildman–Crippen MR) is 77.3 cm³/mol. The van der Waals surface area contributed by atoms with E-state index in [1.54, 1.807) is 0 Å². The highest BCUT2D eigenvalue weighted by Gasteiger charge is 2.36. The first-order valence-corrected chi connectivity index (χ1v) is 7.27. The van der Waals surface area contributed by atoms with E-state index < -0.39 is 5.54 Å². The first kappa shape index (κ1) is 14.8. The second kappa shape index (κ2) is 5.83. The van der Waals surface area contributed by atoms with Crippen LogP contribution < -0.4 is 11.1 Å². The molecule has 1 aliphatic rings. The van der Waals surface area contributed by atoms with Crippen LogP contribution in [0.2, 0.25) is 0 Å². The lowest BCUT2D eigenvalue weighted by Gasteiger charge is -2.38. The van der Waals surface area contributed by atoms with Crippen molar-refractivity contribution >= 4 is 11.6 Å². The third kappa shape index (κ3) is 2.80. The van der Waals surface area contributed by atoms with Gasteiger partial charge in [-0.25, -0.2) is 0 Å². The number of nitrogens with two attached hydrogens (primary N) is 1. The number of carbonyl (C=O) groups excluding carboxylic acids is 1. The molecule has 5 N–H and O–H groups in total. The number of aromatic nitrogens is 2. The molecule has 1 aliphatic carbocycles. The Morgan fingerprint density at radius 2 is 2.20 bits per heavy atom. The number of aliphatic hydroxyl groups is 1. The molecule has 0 unspecified atom stereocenters. The van der Waals surface area contributed by atoms with Crippen LogP contribution in [0, 0.1) is 5.92 Å². The molecular weight excluding hydrogens is 256 g/mol. The highest BCUT2D eigenvalue weighted by atomic mass is 16.3. The van der Waals surface area contributed by atoms with Gasteiger partial charge in [0.15, 0.2) is 5.69 Å². The van der Waals surface area contributed by atoms with E-state index in [1.807, 2.05) is 6.92 Å². The molecule has 0 saturated heterocycles. The molecule has 20 heavy (non-hydrogen) atoms. The fraction of sp³-hybridized carbons (Fsp3) is 0.714. The molecule has 0 atom stereocenters. The Hall–Kier alpha value is -1.56. The standard InChI is InChI=1S/C14H24N4O2/c1-3-10-11(15)12(18-17-10)13(20)16-14(8-19)6-4-9(2)5-7-14/h9,19H,3-8,15H2,1-2H3,(H,16,20)(H,17,18). The summed E-state index contributed by atoms with van der Waals surface area (Å²) in [6, 6.07) is 0. The van der Waals surface area contributed by atoms with Crippen LogP contribution in [-0.2, 0) is 6.42 Å². The van der Waals surface area contributed by atoms with Gasteiger partial charge in [0.05, 0.1) is 23.5 Å². The van der Waals surface area contributed by atoms with Gasteiger partial charge in [-0.2, -0.15) is 5.10 Å². The number of amides is 1. The first-order valence-electron chi connectivity index (χ1n) is 7.27. The lowest BCUT2D eigenvalue weighted by Crippen LogP contribution is -2.53. The summed E-state index contributed by atoms with van der Waals surface area (Å²) in [6.07, 6.45) is 4.31. The molecule has 1 aromatic heterocycles. The number of H-pyrrole nitrogens is 1. The Morgan fingerprint density at radius 3 is 2.70 bits per heavy atom. The molecule has 1 amide bonds. The zero-order valence-electron chi connectivity index (χ0n) is 12.2. The van der Waals surface area contributed by atoms with E-state index in [0.29, 0.717) is 18.0 Å². The van der Waals surface area contributed by atoms with Crippen molar-refractivity contribution in [2.45, 2.75) is 51.5 Å². The molecule has 0 aromatic carbocycles. The third-order valence-electron chi connectivity index (χ3n) is 4.36. The Bertz CT molecular complexity index is 476. The van der Waals surface area contributed by atoms with Gasteiger partial charge in [0, 0.05) is 0 Å². The maximum atomic E-state index is 12.3. The van der Waals surface area contributed by atoms with Crippen molar-refractivity contribution < 1.29 is 9.90 Å².